The van der Waals surface area contributed by atoms with Crippen molar-refractivity contribution in [3.8, 4) is 0 Å². The molecule has 0 amide bonds. The van der Waals surface area contributed by atoms with Gasteiger partial charge in [0, 0.05) is 12.6 Å². The highest BCUT2D eigenvalue weighted by Crippen LogP contribution is 2.31. The van der Waals surface area contributed by atoms with Crippen LogP contribution in [-0.4, -0.2) is 13.6 Å². The van der Waals surface area contributed by atoms with Crippen LogP contribution in [0.1, 0.15) is 26.3 Å². The molecule has 0 aromatic heterocycles. The topological polar surface area (TPSA) is 12.0 Å². The number of halogens is 2. The maximum Gasteiger partial charge on any atom is 0.126 e. The lowest BCUT2D eigenvalue weighted by Gasteiger charge is -2.34. The lowest BCUT2D eigenvalue weighted by Crippen LogP contribution is -2.36. The van der Waals surface area contributed by atoms with E-state index in [0.717, 1.165) is 12.6 Å². The molecule has 0 aliphatic heterocycles. The van der Waals surface area contributed by atoms with Crippen LogP contribution in [0.25, 0.3) is 0 Å². The summed E-state index contributed by atoms with van der Waals surface area (Å²) in [6.45, 7) is 7.22. The summed E-state index contributed by atoms with van der Waals surface area (Å²) >= 11 is 0. The normalized spacial score (nSPS) is 15.0. The van der Waals surface area contributed by atoms with E-state index in [2.05, 4.69) is 26.1 Å². The van der Waals surface area contributed by atoms with Crippen LogP contribution in [0.15, 0.2) is 18.2 Å². The van der Waals surface area contributed by atoms with Crippen molar-refractivity contribution in [2.45, 2.75) is 27.2 Å². The number of hydrogen-bond acceptors (Lipinski definition) is 1. The predicted octanol–water partition coefficient (Wildman–Crippen LogP) is 3.39. The Morgan fingerprint density at radius 2 is 1.71 bits per heavy atom. The number of nitrogens with one attached hydrogen (secondary N) is 1. The van der Waals surface area contributed by atoms with Gasteiger partial charge in [-0.1, -0.05) is 20.8 Å². The quantitative estimate of drug-likeness (QED) is 0.833. The maximum absolute atomic E-state index is 13.1. The van der Waals surface area contributed by atoms with Gasteiger partial charge in [-0.3, -0.25) is 0 Å². The molecule has 1 N–H and O–H groups in total. The standard InChI is InChI=1S/C14H21F2N/c1-10(2)14(3,9-17-4)8-11-5-12(15)7-13(16)6-11/h5-7,10,17H,8-9H2,1-4H3. The zero-order chi connectivity index (χ0) is 13.1. The highest BCUT2D eigenvalue weighted by Gasteiger charge is 2.28. The molecule has 0 aliphatic carbocycles. The molecule has 1 rings (SSSR count). The van der Waals surface area contributed by atoms with Crippen molar-refractivity contribution in [2.24, 2.45) is 11.3 Å². The second-order valence-corrected chi connectivity index (χ2v) is 5.29. The third-order valence-corrected chi connectivity index (χ3v) is 3.50. The summed E-state index contributed by atoms with van der Waals surface area (Å²) in [6.07, 6.45) is 0.667. The fourth-order valence-electron chi connectivity index (χ4n) is 2.05. The van der Waals surface area contributed by atoms with Crippen molar-refractivity contribution in [3.05, 3.63) is 35.4 Å². The molecule has 1 aromatic rings. The molecule has 0 heterocycles. The molecule has 1 atom stereocenters. The van der Waals surface area contributed by atoms with Gasteiger partial charge in [0.15, 0.2) is 0 Å². The summed E-state index contributed by atoms with van der Waals surface area (Å²) in [6, 6.07) is 3.74. The third kappa shape index (κ3) is 3.77. The highest BCUT2D eigenvalue weighted by atomic mass is 19.1. The summed E-state index contributed by atoms with van der Waals surface area (Å²) in [5, 5.41) is 3.15. The van der Waals surface area contributed by atoms with Gasteiger partial charge in [-0.15, -0.1) is 0 Å². The average Bonchev–Trinajstić information content (AvgIpc) is 2.15. The van der Waals surface area contributed by atoms with E-state index >= 15 is 0 Å². The third-order valence-electron chi connectivity index (χ3n) is 3.50. The van der Waals surface area contributed by atoms with Crippen molar-refractivity contribution < 1.29 is 8.78 Å². The monoisotopic (exact) mass is 241 g/mol. The minimum Gasteiger partial charge on any atom is -0.319 e. The molecule has 1 aromatic carbocycles. The van der Waals surface area contributed by atoms with Crippen molar-refractivity contribution in [2.75, 3.05) is 13.6 Å². The maximum atomic E-state index is 13.1. The average molecular weight is 241 g/mol. The van der Waals surface area contributed by atoms with E-state index in [9.17, 15) is 8.78 Å². The molecule has 0 aliphatic rings. The van der Waals surface area contributed by atoms with Crippen LogP contribution in [0.4, 0.5) is 8.78 Å². The first-order valence-electron chi connectivity index (χ1n) is 5.97. The van der Waals surface area contributed by atoms with Gasteiger partial charge < -0.3 is 5.32 Å². The Labute approximate surface area is 102 Å². The number of benzene rings is 1. The van der Waals surface area contributed by atoms with Crippen LogP contribution in [0.5, 0.6) is 0 Å². The Morgan fingerprint density at radius 1 is 1.18 bits per heavy atom. The lowest BCUT2D eigenvalue weighted by molar-refractivity contribution is 0.212. The SMILES string of the molecule is CNCC(C)(Cc1cc(F)cc(F)c1)C(C)C. The van der Waals surface area contributed by atoms with Gasteiger partial charge >= 0.3 is 0 Å². The molecule has 1 unspecified atom stereocenters. The Bertz CT molecular complexity index is 356. The Hall–Kier alpha value is -0.960. The van der Waals surface area contributed by atoms with Gasteiger partial charge in [0.25, 0.3) is 0 Å². The summed E-state index contributed by atoms with van der Waals surface area (Å²) in [5.74, 6) is -0.576. The molecule has 0 fully saturated rings. The van der Waals surface area contributed by atoms with E-state index in [0.29, 0.717) is 17.9 Å². The van der Waals surface area contributed by atoms with Gasteiger partial charge in [-0.25, -0.2) is 8.78 Å². The summed E-state index contributed by atoms with van der Waals surface area (Å²) < 4.78 is 26.3. The summed E-state index contributed by atoms with van der Waals surface area (Å²) in [5.41, 5.74) is 0.712. The van der Waals surface area contributed by atoms with Gasteiger partial charge in [0.05, 0.1) is 0 Å². The van der Waals surface area contributed by atoms with Crippen molar-refractivity contribution >= 4 is 0 Å². The molecule has 0 spiro atoms. The minimum atomic E-state index is -0.504. The van der Waals surface area contributed by atoms with Crippen LogP contribution in [0.2, 0.25) is 0 Å². The van der Waals surface area contributed by atoms with E-state index in [1.54, 1.807) is 0 Å². The first kappa shape index (κ1) is 14.1. The molecule has 1 nitrogen and oxygen atoms in total. The summed E-state index contributed by atoms with van der Waals surface area (Å²) in [7, 11) is 1.90. The molecule has 0 saturated carbocycles. The molecular weight excluding hydrogens is 220 g/mol. The first-order chi connectivity index (χ1) is 7.87. The van der Waals surface area contributed by atoms with Gasteiger partial charge in [-0.05, 0) is 42.5 Å². The summed E-state index contributed by atoms with van der Waals surface area (Å²) in [4.78, 5) is 0. The van der Waals surface area contributed by atoms with Crippen LogP contribution in [-0.2, 0) is 6.42 Å². The Kier molecular flexibility index (Phi) is 4.63. The van der Waals surface area contributed by atoms with Crippen LogP contribution < -0.4 is 5.32 Å². The second-order valence-electron chi connectivity index (χ2n) is 5.29. The number of hydrogen-bond donors (Lipinski definition) is 1. The van der Waals surface area contributed by atoms with E-state index in [1.165, 1.54) is 12.1 Å². The highest BCUT2D eigenvalue weighted by molar-refractivity contribution is 5.19. The Balaban J connectivity index is 2.93. The predicted molar refractivity (Wildman–Crippen MR) is 66.9 cm³/mol. The van der Waals surface area contributed by atoms with E-state index in [-0.39, 0.29) is 5.41 Å². The van der Waals surface area contributed by atoms with Gasteiger partial charge in [0.1, 0.15) is 11.6 Å². The second kappa shape index (κ2) is 5.58. The zero-order valence-electron chi connectivity index (χ0n) is 11.0. The molecule has 0 saturated heterocycles. The fourth-order valence-corrected chi connectivity index (χ4v) is 2.05. The van der Waals surface area contributed by atoms with Crippen molar-refractivity contribution in [3.63, 3.8) is 0 Å². The molecular formula is C14H21F2N. The van der Waals surface area contributed by atoms with Crippen LogP contribution >= 0.6 is 0 Å². The van der Waals surface area contributed by atoms with Gasteiger partial charge in [0.2, 0.25) is 0 Å². The van der Waals surface area contributed by atoms with Crippen LogP contribution in [0, 0.1) is 23.0 Å². The van der Waals surface area contributed by atoms with Gasteiger partial charge in [-0.2, -0.15) is 0 Å². The lowest BCUT2D eigenvalue weighted by atomic mass is 9.74. The molecule has 96 valence electrons. The minimum absolute atomic E-state index is 0.00498. The fraction of sp³-hybridized carbons (Fsp3) is 0.571. The van der Waals surface area contributed by atoms with E-state index < -0.39 is 11.6 Å². The molecule has 0 bridgehead atoms. The molecule has 17 heavy (non-hydrogen) atoms. The first-order valence-corrected chi connectivity index (χ1v) is 5.97. The largest absolute Gasteiger partial charge is 0.319 e. The van der Waals surface area contributed by atoms with Crippen molar-refractivity contribution in [1.82, 2.24) is 5.32 Å². The zero-order valence-corrected chi connectivity index (χ0v) is 11.0. The smallest absolute Gasteiger partial charge is 0.126 e. The van der Waals surface area contributed by atoms with Crippen molar-refractivity contribution in [1.29, 1.82) is 0 Å². The molecule has 3 heteroatoms. The van der Waals surface area contributed by atoms with Crippen LogP contribution in [0.3, 0.4) is 0 Å². The Morgan fingerprint density at radius 3 is 2.12 bits per heavy atom. The van der Waals surface area contributed by atoms with E-state index in [4.69, 9.17) is 0 Å². The number of rotatable bonds is 5. The van der Waals surface area contributed by atoms with E-state index in [1.807, 2.05) is 7.05 Å². The molecule has 0 radical (unpaired) electrons.